The fourth-order valence-electron chi connectivity index (χ4n) is 3.66. The first-order chi connectivity index (χ1) is 16.0. The molecule has 2 aromatic carbocycles. The molecule has 8 heteroatoms. The van der Waals surface area contributed by atoms with Crippen LogP contribution in [0.5, 0.6) is 11.5 Å². The van der Waals surface area contributed by atoms with Gasteiger partial charge in [-0.2, -0.15) is 0 Å². The third kappa shape index (κ3) is 5.30. The van der Waals surface area contributed by atoms with E-state index in [1.165, 1.54) is 0 Å². The normalized spacial score (nSPS) is 17.5. The first-order valence-corrected chi connectivity index (χ1v) is 10.8. The number of thiocarbonyl (C=S) groups is 1. The minimum Gasteiger partial charge on any atom is -0.493 e. The number of benzene rings is 2. The predicted molar refractivity (Wildman–Crippen MR) is 131 cm³/mol. The molecule has 1 aliphatic heterocycles. The number of nitrogens with zero attached hydrogens (tertiary/aromatic N) is 1. The van der Waals surface area contributed by atoms with Crippen molar-refractivity contribution in [2.75, 3.05) is 12.4 Å². The van der Waals surface area contributed by atoms with Crippen LogP contribution in [0.25, 0.3) is 0 Å². The molecular weight excluding hydrogens is 436 g/mol. The molecule has 3 N–H and O–H groups in total. The topological polar surface area (TPSA) is 84.5 Å². The Morgan fingerprint density at radius 3 is 2.70 bits per heavy atom. The second-order valence-corrected chi connectivity index (χ2v) is 7.90. The standard InChI is InChI=1S/C25H24N4O3S/c1-16-22(24(30)28-19-9-6-12-26-14-19)23(29-25(33)27-16)18-10-11-20(31-2)21(13-18)32-15-17-7-4-3-5-8-17/h3-14,22-23H,1,15H2,2H3,(H,28,30)(H2,27,29,33). The Kier molecular flexibility index (Phi) is 6.85. The van der Waals surface area contributed by atoms with Crippen molar-refractivity contribution in [2.45, 2.75) is 12.6 Å². The second-order valence-electron chi connectivity index (χ2n) is 7.49. The first kappa shape index (κ1) is 22.3. The van der Waals surface area contributed by atoms with E-state index in [9.17, 15) is 4.79 Å². The van der Waals surface area contributed by atoms with E-state index in [4.69, 9.17) is 21.7 Å². The molecule has 2 heterocycles. The Hall–Kier alpha value is -3.91. The van der Waals surface area contributed by atoms with Gasteiger partial charge in [-0.05, 0) is 47.6 Å². The van der Waals surface area contributed by atoms with Crippen molar-refractivity contribution in [3.8, 4) is 11.5 Å². The number of methoxy groups -OCH3 is 1. The third-order valence-corrected chi connectivity index (χ3v) is 5.48. The van der Waals surface area contributed by atoms with E-state index in [-0.39, 0.29) is 5.91 Å². The summed E-state index contributed by atoms with van der Waals surface area (Å²) in [6.45, 7) is 4.43. The maximum Gasteiger partial charge on any atom is 0.235 e. The van der Waals surface area contributed by atoms with Crippen LogP contribution in [-0.4, -0.2) is 23.1 Å². The lowest BCUT2D eigenvalue weighted by Gasteiger charge is -2.35. The zero-order valence-electron chi connectivity index (χ0n) is 18.1. The highest BCUT2D eigenvalue weighted by atomic mass is 32.1. The van der Waals surface area contributed by atoms with Gasteiger partial charge in [0.15, 0.2) is 16.6 Å². The molecule has 1 saturated heterocycles. The van der Waals surface area contributed by atoms with Crippen molar-refractivity contribution in [3.63, 3.8) is 0 Å². The Labute approximate surface area is 197 Å². The van der Waals surface area contributed by atoms with Gasteiger partial charge in [-0.25, -0.2) is 0 Å². The molecule has 1 aliphatic rings. The highest BCUT2D eigenvalue weighted by Crippen LogP contribution is 2.36. The predicted octanol–water partition coefficient (Wildman–Crippen LogP) is 3.96. The van der Waals surface area contributed by atoms with Crippen molar-refractivity contribution in [1.29, 1.82) is 0 Å². The molecule has 2 atom stereocenters. The van der Waals surface area contributed by atoms with E-state index in [1.807, 2.05) is 48.5 Å². The summed E-state index contributed by atoms with van der Waals surface area (Å²) in [7, 11) is 1.59. The van der Waals surface area contributed by atoms with Gasteiger partial charge in [0.05, 0.1) is 25.0 Å². The number of carbonyl (C=O) groups is 1. The lowest BCUT2D eigenvalue weighted by molar-refractivity contribution is -0.119. The van der Waals surface area contributed by atoms with Gasteiger partial charge in [0.25, 0.3) is 0 Å². The van der Waals surface area contributed by atoms with E-state index in [0.717, 1.165) is 11.1 Å². The SMILES string of the molecule is C=C1NC(=S)NC(c2ccc(OC)c(OCc3ccccc3)c2)C1C(=O)Nc1cccnc1. The maximum absolute atomic E-state index is 13.2. The van der Waals surface area contributed by atoms with Gasteiger partial charge in [-0.15, -0.1) is 0 Å². The molecule has 2 unspecified atom stereocenters. The van der Waals surface area contributed by atoms with E-state index in [2.05, 4.69) is 27.5 Å². The fourth-order valence-corrected chi connectivity index (χ4v) is 3.92. The van der Waals surface area contributed by atoms with E-state index in [0.29, 0.717) is 34.6 Å². The van der Waals surface area contributed by atoms with Gasteiger partial charge >= 0.3 is 0 Å². The Morgan fingerprint density at radius 2 is 1.97 bits per heavy atom. The van der Waals surface area contributed by atoms with Crippen LogP contribution in [0.2, 0.25) is 0 Å². The number of pyridine rings is 1. The number of amides is 1. The number of aromatic nitrogens is 1. The zero-order valence-corrected chi connectivity index (χ0v) is 18.9. The maximum atomic E-state index is 13.2. The fraction of sp³-hybridized carbons (Fsp3) is 0.160. The van der Waals surface area contributed by atoms with E-state index in [1.54, 1.807) is 31.6 Å². The molecular formula is C25H24N4O3S. The number of nitrogens with one attached hydrogen (secondary N) is 3. The largest absolute Gasteiger partial charge is 0.493 e. The van der Waals surface area contributed by atoms with Crippen molar-refractivity contribution in [1.82, 2.24) is 15.6 Å². The molecule has 0 bridgehead atoms. The first-order valence-electron chi connectivity index (χ1n) is 10.4. The minimum absolute atomic E-state index is 0.233. The number of hydrogen-bond acceptors (Lipinski definition) is 5. The molecule has 168 valence electrons. The summed E-state index contributed by atoms with van der Waals surface area (Å²) >= 11 is 5.34. The third-order valence-electron chi connectivity index (χ3n) is 5.26. The number of rotatable bonds is 7. The Balaban J connectivity index is 1.61. The van der Waals surface area contributed by atoms with Gasteiger partial charge in [0.2, 0.25) is 5.91 Å². The summed E-state index contributed by atoms with van der Waals surface area (Å²) in [4.78, 5) is 17.3. The lowest BCUT2D eigenvalue weighted by Crippen LogP contribution is -2.51. The smallest absolute Gasteiger partial charge is 0.235 e. The summed E-state index contributed by atoms with van der Waals surface area (Å²) in [5, 5.41) is 9.48. The van der Waals surface area contributed by atoms with Crippen LogP contribution in [0.4, 0.5) is 5.69 Å². The van der Waals surface area contributed by atoms with Crippen molar-refractivity contribution in [3.05, 3.63) is 96.5 Å². The van der Waals surface area contributed by atoms with E-state index >= 15 is 0 Å². The lowest BCUT2D eigenvalue weighted by atomic mass is 9.88. The molecule has 1 aromatic heterocycles. The van der Waals surface area contributed by atoms with Crippen LogP contribution in [0.3, 0.4) is 0 Å². The molecule has 1 amide bonds. The van der Waals surface area contributed by atoms with E-state index < -0.39 is 12.0 Å². The van der Waals surface area contributed by atoms with Crippen molar-refractivity contribution in [2.24, 2.45) is 5.92 Å². The zero-order chi connectivity index (χ0) is 23.2. The summed E-state index contributed by atoms with van der Waals surface area (Å²) in [5.41, 5.74) is 2.96. The van der Waals surface area contributed by atoms with Crippen LogP contribution >= 0.6 is 12.2 Å². The highest BCUT2D eigenvalue weighted by molar-refractivity contribution is 7.80. The molecule has 0 spiro atoms. The van der Waals surface area contributed by atoms with Gasteiger partial charge in [0, 0.05) is 11.9 Å². The quantitative estimate of drug-likeness (QED) is 0.460. The van der Waals surface area contributed by atoms with Crippen LogP contribution in [0.15, 0.2) is 85.3 Å². The average molecular weight is 461 g/mol. The molecule has 0 saturated carbocycles. The molecule has 33 heavy (non-hydrogen) atoms. The monoisotopic (exact) mass is 460 g/mol. The second kappa shape index (κ2) is 10.1. The number of carbonyl (C=O) groups excluding carboxylic acids is 1. The van der Waals surface area contributed by atoms with Crippen LogP contribution in [0.1, 0.15) is 17.2 Å². The summed E-state index contributed by atoms with van der Waals surface area (Å²) < 4.78 is 11.5. The molecule has 1 fully saturated rings. The Morgan fingerprint density at radius 1 is 1.15 bits per heavy atom. The van der Waals surface area contributed by atoms with Gasteiger partial charge in [-0.3, -0.25) is 9.78 Å². The summed E-state index contributed by atoms with van der Waals surface area (Å²) in [6, 6.07) is 18.5. The minimum atomic E-state index is -0.632. The van der Waals surface area contributed by atoms with Crippen molar-refractivity contribution < 1.29 is 14.3 Å². The summed E-state index contributed by atoms with van der Waals surface area (Å²) in [6.07, 6.45) is 3.24. The van der Waals surface area contributed by atoms with Gasteiger partial charge in [-0.1, -0.05) is 43.0 Å². The van der Waals surface area contributed by atoms with Crippen LogP contribution in [0, 0.1) is 5.92 Å². The highest BCUT2D eigenvalue weighted by Gasteiger charge is 2.37. The average Bonchev–Trinajstić information content (AvgIpc) is 2.83. The molecule has 3 aromatic rings. The number of anilines is 1. The Bertz CT molecular complexity index is 1150. The molecule has 4 rings (SSSR count). The van der Waals surface area contributed by atoms with Gasteiger partial charge in [0.1, 0.15) is 12.5 Å². The number of hydrogen-bond donors (Lipinski definition) is 3. The summed E-state index contributed by atoms with van der Waals surface area (Å²) in [5.74, 6) is 0.305. The number of ether oxygens (including phenoxy) is 2. The van der Waals surface area contributed by atoms with Gasteiger partial charge < -0.3 is 25.4 Å². The van der Waals surface area contributed by atoms with Crippen molar-refractivity contribution >= 4 is 28.9 Å². The molecule has 0 aliphatic carbocycles. The van der Waals surface area contributed by atoms with Crippen LogP contribution < -0.4 is 25.4 Å². The van der Waals surface area contributed by atoms with Crippen LogP contribution in [-0.2, 0) is 11.4 Å². The molecule has 7 nitrogen and oxygen atoms in total. The molecule has 0 radical (unpaired) electrons.